The highest BCUT2D eigenvalue weighted by atomic mass is 79.9. The Kier molecular flexibility index (Phi) is 2.29. The van der Waals surface area contributed by atoms with Gasteiger partial charge in [0.15, 0.2) is 11.6 Å². The maximum Gasteiger partial charge on any atom is 0.169 e. The topological polar surface area (TPSA) is 52.0 Å². The summed E-state index contributed by atoms with van der Waals surface area (Å²) in [5.74, 6) is 1.10. The zero-order valence-corrected chi connectivity index (χ0v) is 9.21. The number of rotatable bonds is 1. The average molecular weight is 253 g/mol. The van der Waals surface area contributed by atoms with Crippen molar-refractivity contribution in [2.45, 2.75) is 6.92 Å². The van der Waals surface area contributed by atoms with E-state index < -0.39 is 0 Å². The Hall–Kier alpha value is -1.29. The highest BCUT2D eigenvalue weighted by molar-refractivity contribution is 9.10. The van der Waals surface area contributed by atoms with Crippen LogP contribution in [0.5, 0.6) is 0 Å². The van der Waals surface area contributed by atoms with Crippen LogP contribution in [-0.2, 0) is 0 Å². The van der Waals surface area contributed by atoms with Gasteiger partial charge in [0.25, 0.3) is 0 Å². The monoisotopic (exact) mass is 252 g/mol. The summed E-state index contributed by atoms with van der Waals surface area (Å²) in [6, 6.07) is 7.66. The smallest absolute Gasteiger partial charge is 0.169 e. The molecule has 0 atom stereocenters. The number of anilines is 1. The minimum absolute atomic E-state index is 0.403. The average Bonchev–Trinajstić information content (AvgIpc) is 2.57. The summed E-state index contributed by atoms with van der Waals surface area (Å²) in [4.78, 5) is 0. The standard InChI is InChI=1S/C10H9BrN2O/c1-6-4-7(2-3-8(6)11)9-5-10(12)13-14-9/h2-5H,1H3,(H2,12,13). The van der Waals surface area contributed by atoms with Crippen LogP contribution in [0.15, 0.2) is 33.3 Å². The number of hydrogen-bond acceptors (Lipinski definition) is 3. The van der Waals surface area contributed by atoms with Gasteiger partial charge in [-0.1, -0.05) is 21.1 Å². The van der Waals surface area contributed by atoms with Gasteiger partial charge in [-0.05, 0) is 30.7 Å². The molecular weight excluding hydrogens is 244 g/mol. The third-order valence-corrected chi connectivity index (χ3v) is 2.86. The largest absolute Gasteiger partial charge is 0.381 e. The molecule has 0 unspecified atom stereocenters. The van der Waals surface area contributed by atoms with Crippen molar-refractivity contribution in [1.82, 2.24) is 5.16 Å². The number of aryl methyl sites for hydroxylation is 1. The number of nitrogens with two attached hydrogens (primary N) is 1. The second-order valence-corrected chi connectivity index (χ2v) is 3.93. The van der Waals surface area contributed by atoms with Crippen molar-refractivity contribution in [2.24, 2.45) is 0 Å². The van der Waals surface area contributed by atoms with E-state index in [9.17, 15) is 0 Å². The van der Waals surface area contributed by atoms with Gasteiger partial charge in [0, 0.05) is 16.1 Å². The molecule has 0 saturated carbocycles. The predicted octanol–water partition coefficient (Wildman–Crippen LogP) is 2.99. The van der Waals surface area contributed by atoms with E-state index in [1.165, 1.54) is 0 Å². The minimum Gasteiger partial charge on any atom is -0.381 e. The molecule has 0 radical (unpaired) electrons. The lowest BCUT2D eigenvalue weighted by molar-refractivity contribution is 0.436. The SMILES string of the molecule is Cc1cc(-c2cc(N)no2)ccc1Br. The maximum absolute atomic E-state index is 5.47. The van der Waals surface area contributed by atoms with Gasteiger partial charge >= 0.3 is 0 Å². The fourth-order valence-corrected chi connectivity index (χ4v) is 1.47. The molecule has 2 N–H and O–H groups in total. The van der Waals surface area contributed by atoms with E-state index in [1.54, 1.807) is 6.07 Å². The normalized spacial score (nSPS) is 10.4. The summed E-state index contributed by atoms with van der Waals surface area (Å²) in [6.07, 6.45) is 0. The lowest BCUT2D eigenvalue weighted by atomic mass is 10.1. The van der Waals surface area contributed by atoms with Crippen molar-refractivity contribution in [3.05, 3.63) is 34.3 Å². The van der Waals surface area contributed by atoms with Crippen molar-refractivity contribution in [3.8, 4) is 11.3 Å². The van der Waals surface area contributed by atoms with E-state index in [1.807, 2.05) is 25.1 Å². The zero-order chi connectivity index (χ0) is 10.1. The number of nitrogens with zero attached hydrogens (tertiary/aromatic N) is 1. The molecule has 3 nitrogen and oxygen atoms in total. The molecule has 0 saturated heterocycles. The molecule has 0 aliphatic carbocycles. The van der Waals surface area contributed by atoms with Crippen molar-refractivity contribution >= 4 is 21.7 Å². The van der Waals surface area contributed by atoms with Crippen molar-refractivity contribution in [3.63, 3.8) is 0 Å². The van der Waals surface area contributed by atoms with Gasteiger partial charge in [-0.3, -0.25) is 0 Å². The van der Waals surface area contributed by atoms with Gasteiger partial charge in [-0.2, -0.15) is 0 Å². The third-order valence-electron chi connectivity index (χ3n) is 1.97. The molecule has 1 aromatic heterocycles. The molecule has 1 aromatic carbocycles. The molecule has 2 aromatic rings. The Morgan fingerprint density at radius 3 is 2.71 bits per heavy atom. The zero-order valence-electron chi connectivity index (χ0n) is 7.62. The molecule has 1 heterocycles. The first kappa shape index (κ1) is 9.27. The van der Waals surface area contributed by atoms with Crippen molar-refractivity contribution in [2.75, 3.05) is 5.73 Å². The van der Waals surface area contributed by atoms with Gasteiger partial charge < -0.3 is 10.3 Å². The number of aromatic nitrogens is 1. The van der Waals surface area contributed by atoms with Crippen LogP contribution in [-0.4, -0.2) is 5.16 Å². The van der Waals surface area contributed by atoms with Gasteiger partial charge in [0.2, 0.25) is 0 Å². The fourth-order valence-electron chi connectivity index (χ4n) is 1.22. The van der Waals surface area contributed by atoms with E-state index in [0.29, 0.717) is 11.6 Å². The lowest BCUT2D eigenvalue weighted by Crippen LogP contribution is -1.80. The van der Waals surface area contributed by atoms with E-state index in [0.717, 1.165) is 15.6 Å². The Morgan fingerprint density at radius 1 is 1.36 bits per heavy atom. The second-order valence-electron chi connectivity index (χ2n) is 3.08. The summed E-state index contributed by atoms with van der Waals surface area (Å²) < 4.78 is 6.13. The van der Waals surface area contributed by atoms with E-state index in [4.69, 9.17) is 10.3 Å². The molecule has 72 valence electrons. The van der Waals surface area contributed by atoms with E-state index in [2.05, 4.69) is 21.1 Å². The molecule has 0 spiro atoms. The molecule has 14 heavy (non-hydrogen) atoms. The minimum atomic E-state index is 0.403. The van der Waals surface area contributed by atoms with Crippen LogP contribution in [0.2, 0.25) is 0 Å². The quantitative estimate of drug-likeness (QED) is 0.849. The number of hydrogen-bond donors (Lipinski definition) is 1. The Bertz CT molecular complexity index is 465. The first-order valence-electron chi connectivity index (χ1n) is 4.15. The van der Waals surface area contributed by atoms with Crippen molar-refractivity contribution < 1.29 is 4.52 Å². The molecule has 4 heteroatoms. The summed E-state index contributed by atoms with van der Waals surface area (Å²) in [7, 11) is 0. The number of benzene rings is 1. The third kappa shape index (κ3) is 1.65. The summed E-state index contributed by atoms with van der Waals surface area (Å²) >= 11 is 3.44. The molecule has 0 aliphatic heterocycles. The van der Waals surface area contributed by atoms with Gasteiger partial charge in [0.1, 0.15) is 0 Å². The van der Waals surface area contributed by atoms with Crippen LogP contribution in [0.3, 0.4) is 0 Å². The lowest BCUT2D eigenvalue weighted by Gasteiger charge is -1.99. The fraction of sp³-hybridized carbons (Fsp3) is 0.100. The summed E-state index contributed by atoms with van der Waals surface area (Å²) in [6.45, 7) is 2.02. The highest BCUT2D eigenvalue weighted by Gasteiger charge is 2.05. The maximum atomic E-state index is 5.47. The second kappa shape index (κ2) is 3.46. The number of nitrogen functional groups attached to an aromatic ring is 1. The first-order chi connectivity index (χ1) is 6.66. The molecule has 2 rings (SSSR count). The van der Waals surface area contributed by atoms with E-state index >= 15 is 0 Å². The molecule has 0 aliphatic rings. The first-order valence-corrected chi connectivity index (χ1v) is 4.95. The molecular formula is C10H9BrN2O. The van der Waals surface area contributed by atoms with Gasteiger partial charge in [0.05, 0.1) is 0 Å². The van der Waals surface area contributed by atoms with Crippen LogP contribution in [0.25, 0.3) is 11.3 Å². The van der Waals surface area contributed by atoms with Gasteiger partial charge in [-0.25, -0.2) is 0 Å². The summed E-state index contributed by atoms with van der Waals surface area (Å²) in [5, 5.41) is 3.64. The van der Waals surface area contributed by atoms with E-state index in [-0.39, 0.29) is 0 Å². The Morgan fingerprint density at radius 2 is 2.14 bits per heavy atom. The molecule has 0 amide bonds. The van der Waals surface area contributed by atoms with Crippen molar-refractivity contribution in [1.29, 1.82) is 0 Å². The highest BCUT2D eigenvalue weighted by Crippen LogP contribution is 2.25. The van der Waals surface area contributed by atoms with Crippen LogP contribution in [0, 0.1) is 6.92 Å². The van der Waals surface area contributed by atoms with Crippen LogP contribution >= 0.6 is 15.9 Å². The van der Waals surface area contributed by atoms with Gasteiger partial charge in [-0.15, -0.1) is 0 Å². The Labute approximate surface area is 90.0 Å². The summed E-state index contributed by atoms with van der Waals surface area (Å²) in [5.41, 5.74) is 7.60. The Balaban J connectivity index is 2.47. The molecule has 0 fully saturated rings. The number of halogens is 1. The van der Waals surface area contributed by atoms with Crippen LogP contribution in [0.4, 0.5) is 5.82 Å². The molecule has 0 bridgehead atoms. The van der Waals surface area contributed by atoms with Crippen LogP contribution < -0.4 is 5.73 Å². The predicted molar refractivity (Wildman–Crippen MR) is 58.8 cm³/mol. The van der Waals surface area contributed by atoms with Crippen LogP contribution in [0.1, 0.15) is 5.56 Å².